The smallest absolute Gasteiger partial charge is 0.349 e. The summed E-state index contributed by atoms with van der Waals surface area (Å²) in [6, 6.07) is 3.72. The Kier molecular flexibility index (Phi) is 33.2. The fourth-order valence-corrected chi connectivity index (χ4v) is 13.3. The van der Waals surface area contributed by atoms with Gasteiger partial charge in [-0.1, -0.05) is 0 Å². The average molecular weight is 1900 g/mol. The second-order valence-corrected chi connectivity index (χ2v) is 29.9. The summed E-state index contributed by atoms with van der Waals surface area (Å²) in [5.74, 6) is -13.4. The van der Waals surface area contributed by atoms with Gasteiger partial charge in [0, 0.05) is 110 Å². The summed E-state index contributed by atoms with van der Waals surface area (Å²) in [4.78, 5) is 320. The van der Waals surface area contributed by atoms with E-state index in [2.05, 4.69) is 107 Å². The van der Waals surface area contributed by atoms with Gasteiger partial charge in [0.15, 0.2) is 45.3 Å². The maximum absolute atomic E-state index is 14.5. The summed E-state index contributed by atoms with van der Waals surface area (Å²) in [7, 11) is 0. The number of nitrogens with two attached hydrogens (primary N) is 8. The number of hydrogen-bond donors (Lipinski definition) is 17. The molecule has 11 aromatic heterocycles. The molecule has 0 aliphatic rings. The number of carbonyl (C=O) groups is 14. The van der Waals surface area contributed by atoms with Gasteiger partial charge in [-0.25, -0.2) is 54.3 Å². The third-order valence-corrected chi connectivity index (χ3v) is 20.1. The lowest BCUT2D eigenvalue weighted by atomic mass is 10.3. The number of anilines is 7. The van der Waals surface area contributed by atoms with Crippen LogP contribution in [0.2, 0.25) is 0 Å². The Hall–Kier alpha value is -18.4. The molecular weight excluding hydrogens is 1810 g/mol. The van der Waals surface area contributed by atoms with Gasteiger partial charge in [-0.15, -0.1) is 0 Å². The number of aliphatic carboxylic acids is 1. The van der Waals surface area contributed by atoms with Gasteiger partial charge in [-0.05, 0) is 18.2 Å². The molecule has 0 radical (unpaired) electrons. The first-order valence-corrected chi connectivity index (χ1v) is 41.1. The van der Waals surface area contributed by atoms with Crippen molar-refractivity contribution in [2.75, 3.05) is 178 Å². The van der Waals surface area contributed by atoms with E-state index in [1.165, 1.54) is 55.3 Å². The Bertz CT molecular complexity index is 6730. The maximum atomic E-state index is 14.5. The minimum Gasteiger partial charge on any atom is -0.480 e. The van der Waals surface area contributed by atoms with E-state index in [9.17, 15) is 96.2 Å². The summed E-state index contributed by atoms with van der Waals surface area (Å²) >= 11 is 0. The average Bonchev–Trinajstić information content (AvgIpc) is 1.78. The summed E-state index contributed by atoms with van der Waals surface area (Å²) in [6.45, 7) is -14.9. The first-order chi connectivity index (χ1) is 65.4. The number of fused-ring (bicyclic) bond motifs is 4. The number of imidazole rings is 4. The number of nitrogen functional groups attached to an aromatic ring is 7. The molecule has 0 unspecified atom stereocenters. The Labute approximate surface area is 766 Å². The van der Waals surface area contributed by atoms with Crippen molar-refractivity contribution in [2.24, 2.45) is 5.73 Å². The highest BCUT2D eigenvalue weighted by molar-refractivity contribution is 5.92. The van der Waals surface area contributed by atoms with E-state index in [0.717, 1.165) is 85.7 Å². The first-order valence-electron chi connectivity index (χ1n) is 41.1. The molecule has 0 spiro atoms. The second-order valence-electron chi connectivity index (χ2n) is 29.9. The van der Waals surface area contributed by atoms with Gasteiger partial charge < -0.3 is 135 Å². The summed E-state index contributed by atoms with van der Waals surface area (Å²) in [5.41, 5.74) is 42.0. The van der Waals surface area contributed by atoms with Crippen LogP contribution in [0.4, 0.5) is 41.0 Å². The minimum atomic E-state index is -1.43. The molecule has 724 valence electrons. The Balaban J connectivity index is 0.739. The van der Waals surface area contributed by atoms with Gasteiger partial charge in [-0.2, -0.15) is 24.9 Å². The molecule has 63 nitrogen and oxygen atoms in total. The van der Waals surface area contributed by atoms with E-state index < -0.39 is 268 Å². The zero-order valence-corrected chi connectivity index (χ0v) is 72.6. The van der Waals surface area contributed by atoms with Crippen LogP contribution in [0.1, 0.15) is 0 Å². The van der Waals surface area contributed by atoms with Gasteiger partial charge in [0.25, 0.3) is 11.1 Å². The first kappa shape index (κ1) is 99.2. The molecule has 0 fully saturated rings. The number of H-pyrrole nitrogens is 2. The Morgan fingerprint density at radius 1 is 0.307 bits per heavy atom. The van der Waals surface area contributed by atoms with Gasteiger partial charge in [0.1, 0.15) is 93.5 Å². The SMILES string of the molecule is NCCN(CC(=O)NCCN(CC(=O)NCCN(CC(=O)NCCN(CC(=O)NCCN(CC(=O)NCCN(CC(=O)NCCN(CC(=O)O)C(=O)Cn1cnc2c(=O)[nH]c(N)nc21)C(=O)Cn1cnc2c(N)ncnc21)C(=O)Cn1ccc(N)nc1=O)C(=O)Cn1cnc2c(N)ncnc21)C(=O)Cn1ccc(N)nc1=O)C(=O)Cn1cnc2c(=O)[nH]c(N)nc21)C(=O)Cn1ccc(N)nc1=O. The second kappa shape index (κ2) is 45.9. The summed E-state index contributed by atoms with van der Waals surface area (Å²) in [6.07, 6.45) is 10.5. The van der Waals surface area contributed by atoms with Crippen LogP contribution < -0.4 is 106 Å². The van der Waals surface area contributed by atoms with Crippen LogP contribution in [-0.2, 0) is 113 Å². The van der Waals surface area contributed by atoms with Crippen LogP contribution >= 0.6 is 0 Å². The molecule has 0 saturated carbocycles. The number of nitrogens with one attached hydrogen (secondary N) is 8. The molecule has 0 saturated heterocycles. The van der Waals surface area contributed by atoms with Crippen molar-refractivity contribution >= 4 is 168 Å². The molecule has 11 rings (SSSR count). The number of hydrogen-bond acceptors (Lipinski definition) is 40. The zero-order chi connectivity index (χ0) is 98.8. The van der Waals surface area contributed by atoms with Crippen molar-refractivity contribution in [3.63, 3.8) is 0 Å². The largest absolute Gasteiger partial charge is 0.480 e. The fourth-order valence-electron chi connectivity index (χ4n) is 13.3. The number of aromatic nitrogens is 22. The predicted octanol–water partition coefficient (Wildman–Crippen LogP) is -14.7. The molecule has 13 amide bonds. The van der Waals surface area contributed by atoms with Crippen LogP contribution in [0.25, 0.3) is 44.7 Å². The molecule has 11 aromatic rings. The van der Waals surface area contributed by atoms with Crippen LogP contribution in [0, 0.1) is 0 Å². The molecule has 0 aliphatic heterocycles. The molecule has 25 N–H and O–H groups in total. The third kappa shape index (κ3) is 27.4. The monoisotopic (exact) mass is 1900 g/mol. The van der Waals surface area contributed by atoms with Crippen molar-refractivity contribution in [3.8, 4) is 0 Å². The topological polar surface area (TPSA) is 881 Å². The van der Waals surface area contributed by atoms with E-state index >= 15 is 0 Å². The normalized spacial score (nSPS) is 11.1. The van der Waals surface area contributed by atoms with Crippen molar-refractivity contribution in [1.82, 2.24) is 173 Å². The number of carboxylic acid groups (broad SMARTS) is 1. The van der Waals surface area contributed by atoms with E-state index in [1.807, 2.05) is 0 Å². The molecule has 0 bridgehead atoms. The predicted molar refractivity (Wildman–Crippen MR) is 474 cm³/mol. The minimum absolute atomic E-state index is 0.0192. The number of amides is 13. The van der Waals surface area contributed by atoms with Crippen molar-refractivity contribution in [3.05, 3.63) is 127 Å². The highest BCUT2D eigenvalue weighted by atomic mass is 16.4. The number of rotatable bonds is 48. The fraction of sp³-hybridized carbons (Fsp3) is 0.378. The van der Waals surface area contributed by atoms with Crippen LogP contribution in [0.3, 0.4) is 0 Å². The van der Waals surface area contributed by atoms with Crippen molar-refractivity contribution in [1.29, 1.82) is 0 Å². The van der Waals surface area contributed by atoms with Gasteiger partial charge in [0.05, 0.1) is 64.6 Å². The molecule has 63 heteroatoms. The lowest BCUT2D eigenvalue weighted by molar-refractivity contribution is -0.144. The summed E-state index contributed by atoms with van der Waals surface area (Å²) < 4.78 is 7.63. The standard InChI is InChI=1S/C74H93N43O20/c75-4-14-104(50(124)27-111-11-1-41(76)97-72(111)135)21-44(118)83-7-19-109(55(129)32-116-39-95-60-66(116)100-70(81)102-68(60)133)26-48(122)85-6-16-106(52(126)29-113-13-3-43(78)99-74(113)137)23-45(119)86-8-17-107(53(127)30-114-37-93-58-62(79)89-35-91-64(58)114)24-47(121)84-5-15-105(51(125)28-112-12-2-42(77)98-73(112)136)22-46(120)87-9-18-108(54(128)31-115-38-94-59-63(80)90-36-92-65(59)115)25-49(123)88-10-20-110(34-57(131)132)56(130)33-117-40-96-61-67(117)101-71(82)103-69(61)134/h1-3,11-13,35-40H,4-10,14-34,75H2,(H,83,118)(H,84,121)(H,85,122)(H,86,119)(H,87,120)(H,88,123)(H,131,132)(H2,76,97,135)(H2,77,98,136)(H2,78,99,137)(H2,79,89,91)(H2,80,90,92)(H3,81,100,102,133)(H3,82,101,103,134). The van der Waals surface area contributed by atoms with Crippen molar-refractivity contribution < 1.29 is 72.2 Å². The Morgan fingerprint density at radius 3 is 0.803 bits per heavy atom. The molecule has 137 heavy (non-hydrogen) atoms. The molecule has 11 heterocycles. The molecule has 0 atom stereocenters. The number of carbonyl (C=O) groups excluding carboxylic acids is 13. The Morgan fingerprint density at radius 2 is 0.547 bits per heavy atom. The highest BCUT2D eigenvalue weighted by Gasteiger charge is 2.30. The van der Waals surface area contributed by atoms with E-state index in [-0.39, 0.29) is 112 Å². The lowest BCUT2D eigenvalue weighted by Crippen LogP contribution is -2.50. The number of nitrogens with zero attached hydrogens (tertiary/aromatic N) is 27. The van der Waals surface area contributed by atoms with E-state index in [1.54, 1.807) is 0 Å². The molecule has 0 aromatic carbocycles. The zero-order valence-electron chi connectivity index (χ0n) is 72.6. The van der Waals surface area contributed by atoms with Gasteiger partial charge in [0.2, 0.25) is 88.7 Å². The van der Waals surface area contributed by atoms with Crippen LogP contribution in [0.15, 0.2) is 98.7 Å². The van der Waals surface area contributed by atoms with Gasteiger partial charge in [-0.3, -0.25) is 100 Å². The third-order valence-electron chi connectivity index (χ3n) is 20.1. The van der Waals surface area contributed by atoms with E-state index in [0.29, 0.717) is 0 Å². The van der Waals surface area contributed by atoms with Crippen LogP contribution in [-0.4, -0.2) is 366 Å². The number of carboxylic acids is 1. The number of aromatic amines is 2. The molecular formula is C74H93N43O20. The van der Waals surface area contributed by atoms with E-state index in [4.69, 9.17) is 45.9 Å². The van der Waals surface area contributed by atoms with Crippen molar-refractivity contribution in [2.45, 2.75) is 45.8 Å². The maximum Gasteiger partial charge on any atom is 0.349 e. The highest BCUT2D eigenvalue weighted by Crippen LogP contribution is 2.18. The summed E-state index contributed by atoms with van der Waals surface area (Å²) in [5, 5.41) is 25.1. The lowest BCUT2D eigenvalue weighted by Gasteiger charge is -2.26. The molecule has 0 aliphatic carbocycles. The quantitative estimate of drug-likeness (QED) is 0.0168. The van der Waals surface area contributed by atoms with Crippen LogP contribution in [0.5, 0.6) is 0 Å². The van der Waals surface area contributed by atoms with Gasteiger partial charge >= 0.3 is 23.0 Å².